The third-order valence-electron chi connectivity index (χ3n) is 4.68. The quantitative estimate of drug-likeness (QED) is 0.803. The second kappa shape index (κ2) is 7.55. The summed E-state index contributed by atoms with van der Waals surface area (Å²) in [6.07, 6.45) is 0. The van der Waals surface area contributed by atoms with Crippen LogP contribution < -0.4 is 14.4 Å². The predicted molar refractivity (Wildman–Crippen MR) is 102 cm³/mol. The summed E-state index contributed by atoms with van der Waals surface area (Å²) in [4.78, 5) is 2.53. The third kappa shape index (κ3) is 3.50. The molecule has 0 spiro atoms. The summed E-state index contributed by atoms with van der Waals surface area (Å²) in [6, 6.07) is 12.8. The lowest BCUT2D eigenvalue weighted by molar-refractivity contribution is 0.375. The fraction of sp³-hybridized carbons (Fsp3) is 0.368. The Morgan fingerprint density at radius 2 is 1.62 bits per heavy atom. The molecule has 0 aromatic heterocycles. The normalized spacial score (nSPS) is 15.7. The van der Waals surface area contributed by atoms with Gasteiger partial charge in [-0.25, -0.2) is 8.42 Å². The van der Waals surface area contributed by atoms with Crippen LogP contribution in [-0.4, -0.2) is 53.1 Å². The monoisotopic (exact) mass is 376 g/mol. The smallest absolute Gasteiger partial charge is 0.243 e. The van der Waals surface area contributed by atoms with Gasteiger partial charge in [0.25, 0.3) is 0 Å². The molecule has 26 heavy (non-hydrogen) atoms. The number of hydrogen-bond donors (Lipinski definition) is 0. The molecule has 1 heterocycles. The average Bonchev–Trinajstić information content (AvgIpc) is 2.67. The molecule has 140 valence electrons. The number of aryl methyl sites for hydroxylation is 1. The molecule has 2 aromatic rings. The van der Waals surface area contributed by atoms with Crippen LogP contribution in [0.3, 0.4) is 0 Å². The molecule has 1 fully saturated rings. The van der Waals surface area contributed by atoms with Crippen LogP contribution in [0.25, 0.3) is 0 Å². The fourth-order valence-corrected chi connectivity index (χ4v) is 4.85. The van der Waals surface area contributed by atoms with Crippen LogP contribution in [0.5, 0.6) is 11.5 Å². The summed E-state index contributed by atoms with van der Waals surface area (Å²) in [6.45, 7) is 3.91. The van der Waals surface area contributed by atoms with Gasteiger partial charge in [0.15, 0.2) is 0 Å². The molecule has 0 N–H and O–H groups in total. The standard InChI is InChI=1S/C19H24N2O4S/c1-15-6-4-5-7-19(15)26(22,23)21-12-10-20(11-13-21)17-9-8-16(24-2)14-18(17)25-3/h4-9,14H,10-13H2,1-3H3. The molecule has 3 rings (SSSR count). The summed E-state index contributed by atoms with van der Waals surface area (Å²) < 4.78 is 38.1. The van der Waals surface area contributed by atoms with Crippen molar-refractivity contribution in [2.75, 3.05) is 45.3 Å². The van der Waals surface area contributed by atoms with Gasteiger partial charge in [0.2, 0.25) is 10.0 Å². The van der Waals surface area contributed by atoms with Crippen LogP contribution in [-0.2, 0) is 10.0 Å². The fourth-order valence-electron chi connectivity index (χ4n) is 3.20. The van der Waals surface area contributed by atoms with Gasteiger partial charge in [0, 0.05) is 32.2 Å². The molecular formula is C19H24N2O4S. The van der Waals surface area contributed by atoms with E-state index in [9.17, 15) is 8.42 Å². The Kier molecular flexibility index (Phi) is 5.38. The summed E-state index contributed by atoms with van der Waals surface area (Å²) in [5, 5.41) is 0. The number of rotatable bonds is 5. The van der Waals surface area contributed by atoms with E-state index in [0.717, 1.165) is 22.7 Å². The maximum absolute atomic E-state index is 12.9. The molecule has 0 saturated carbocycles. The van der Waals surface area contributed by atoms with E-state index >= 15 is 0 Å². The van der Waals surface area contributed by atoms with E-state index in [1.165, 1.54) is 0 Å². The maximum atomic E-state index is 12.9. The number of piperazine rings is 1. The van der Waals surface area contributed by atoms with Crippen molar-refractivity contribution in [2.45, 2.75) is 11.8 Å². The maximum Gasteiger partial charge on any atom is 0.243 e. The Labute approximate surface area is 155 Å². The van der Waals surface area contributed by atoms with Crippen molar-refractivity contribution in [1.82, 2.24) is 4.31 Å². The average molecular weight is 376 g/mol. The summed E-state index contributed by atoms with van der Waals surface area (Å²) >= 11 is 0. The Balaban J connectivity index is 1.77. The van der Waals surface area contributed by atoms with Crippen LogP contribution in [0.2, 0.25) is 0 Å². The van der Waals surface area contributed by atoms with Gasteiger partial charge >= 0.3 is 0 Å². The number of anilines is 1. The molecule has 0 unspecified atom stereocenters. The lowest BCUT2D eigenvalue weighted by Crippen LogP contribution is -2.48. The minimum Gasteiger partial charge on any atom is -0.497 e. The molecule has 0 bridgehead atoms. The van der Waals surface area contributed by atoms with E-state index in [1.54, 1.807) is 30.7 Å². The molecular weight excluding hydrogens is 352 g/mol. The molecule has 1 aliphatic heterocycles. The first kappa shape index (κ1) is 18.5. The van der Waals surface area contributed by atoms with Crippen molar-refractivity contribution in [3.63, 3.8) is 0 Å². The number of ether oxygens (including phenoxy) is 2. The van der Waals surface area contributed by atoms with Gasteiger partial charge in [0.05, 0.1) is 24.8 Å². The van der Waals surface area contributed by atoms with Crippen LogP contribution in [0.15, 0.2) is 47.4 Å². The van der Waals surface area contributed by atoms with Gasteiger partial charge < -0.3 is 14.4 Å². The van der Waals surface area contributed by atoms with Crippen LogP contribution in [0.1, 0.15) is 5.56 Å². The van der Waals surface area contributed by atoms with Gasteiger partial charge in [-0.05, 0) is 30.7 Å². The topological polar surface area (TPSA) is 59.1 Å². The van der Waals surface area contributed by atoms with Crippen LogP contribution in [0.4, 0.5) is 5.69 Å². The van der Waals surface area contributed by atoms with Gasteiger partial charge in [-0.3, -0.25) is 0 Å². The van der Waals surface area contributed by atoms with E-state index in [4.69, 9.17) is 9.47 Å². The SMILES string of the molecule is COc1ccc(N2CCN(S(=O)(=O)c3ccccc3C)CC2)c(OC)c1. The van der Waals surface area contributed by atoms with E-state index in [1.807, 2.05) is 37.3 Å². The summed E-state index contributed by atoms with van der Waals surface area (Å²) in [5.41, 5.74) is 1.72. The first-order valence-corrected chi connectivity index (χ1v) is 9.94. The van der Waals surface area contributed by atoms with E-state index in [2.05, 4.69) is 4.90 Å². The number of nitrogens with zero attached hydrogens (tertiary/aromatic N) is 2. The minimum absolute atomic E-state index is 0.385. The van der Waals surface area contributed by atoms with E-state index in [0.29, 0.717) is 31.1 Å². The van der Waals surface area contributed by atoms with Gasteiger partial charge in [-0.15, -0.1) is 0 Å². The number of benzene rings is 2. The zero-order chi connectivity index (χ0) is 18.7. The molecule has 1 aliphatic rings. The lowest BCUT2D eigenvalue weighted by Gasteiger charge is -2.36. The van der Waals surface area contributed by atoms with E-state index in [-0.39, 0.29) is 0 Å². The lowest BCUT2D eigenvalue weighted by atomic mass is 10.2. The Morgan fingerprint density at radius 1 is 0.923 bits per heavy atom. The largest absolute Gasteiger partial charge is 0.497 e. The second-order valence-electron chi connectivity index (χ2n) is 6.19. The Hall–Kier alpha value is -2.25. The Morgan fingerprint density at radius 3 is 2.23 bits per heavy atom. The van der Waals surface area contributed by atoms with Gasteiger partial charge in [-0.1, -0.05) is 18.2 Å². The predicted octanol–water partition coefficient (Wildman–Crippen LogP) is 2.52. The molecule has 0 radical (unpaired) electrons. The molecule has 6 nitrogen and oxygen atoms in total. The second-order valence-corrected chi connectivity index (χ2v) is 8.10. The zero-order valence-electron chi connectivity index (χ0n) is 15.3. The van der Waals surface area contributed by atoms with Crippen molar-refractivity contribution >= 4 is 15.7 Å². The minimum atomic E-state index is -3.47. The summed E-state index contributed by atoms with van der Waals surface area (Å²) in [7, 11) is -0.232. The molecule has 7 heteroatoms. The molecule has 0 amide bonds. The summed E-state index contributed by atoms with van der Waals surface area (Å²) in [5.74, 6) is 1.45. The highest BCUT2D eigenvalue weighted by Gasteiger charge is 2.30. The highest BCUT2D eigenvalue weighted by molar-refractivity contribution is 7.89. The highest BCUT2D eigenvalue weighted by Crippen LogP contribution is 2.33. The molecule has 2 aromatic carbocycles. The number of hydrogen-bond acceptors (Lipinski definition) is 5. The van der Waals surface area contributed by atoms with E-state index < -0.39 is 10.0 Å². The number of sulfonamides is 1. The highest BCUT2D eigenvalue weighted by atomic mass is 32.2. The van der Waals surface area contributed by atoms with Crippen molar-refractivity contribution in [1.29, 1.82) is 0 Å². The van der Waals surface area contributed by atoms with Gasteiger partial charge in [-0.2, -0.15) is 4.31 Å². The van der Waals surface area contributed by atoms with Crippen LogP contribution in [0, 0.1) is 6.92 Å². The van der Waals surface area contributed by atoms with Crippen molar-refractivity contribution in [3.8, 4) is 11.5 Å². The van der Waals surface area contributed by atoms with Gasteiger partial charge in [0.1, 0.15) is 11.5 Å². The molecule has 1 saturated heterocycles. The number of methoxy groups -OCH3 is 2. The molecule has 0 atom stereocenters. The van der Waals surface area contributed by atoms with Crippen molar-refractivity contribution < 1.29 is 17.9 Å². The first-order chi connectivity index (χ1) is 12.5. The van der Waals surface area contributed by atoms with Crippen LogP contribution >= 0.6 is 0 Å². The Bertz CT molecular complexity index is 875. The van der Waals surface area contributed by atoms with Crippen molar-refractivity contribution in [2.24, 2.45) is 0 Å². The van der Waals surface area contributed by atoms with Crippen molar-refractivity contribution in [3.05, 3.63) is 48.0 Å². The first-order valence-electron chi connectivity index (χ1n) is 8.50. The zero-order valence-corrected chi connectivity index (χ0v) is 16.1. The molecule has 0 aliphatic carbocycles. The third-order valence-corrected chi connectivity index (χ3v) is 6.74.